The number of amides is 3. The highest BCUT2D eigenvalue weighted by Crippen LogP contribution is 2.40. The highest BCUT2D eigenvalue weighted by atomic mass is 35.5. The number of halogens is 2. The lowest BCUT2D eigenvalue weighted by Crippen LogP contribution is -2.55. The second kappa shape index (κ2) is 5.51. The Labute approximate surface area is 144 Å². The zero-order valence-corrected chi connectivity index (χ0v) is 14.5. The number of likely N-dealkylation sites (tertiary alicyclic amines) is 1. The Balaban J connectivity index is 1.78. The third kappa shape index (κ3) is 2.56. The van der Waals surface area contributed by atoms with Crippen molar-refractivity contribution in [3.05, 3.63) is 29.0 Å². The molecule has 6 nitrogen and oxygen atoms in total. The second-order valence-electron chi connectivity index (χ2n) is 6.74. The van der Waals surface area contributed by atoms with Crippen LogP contribution in [0.5, 0.6) is 0 Å². The van der Waals surface area contributed by atoms with Crippen molar-refractivity contribution < 1.29 is 18.7 Å². The van der Waals surface area contributed by atoms with E-state index in [-0.39, 0.29) is 23.3 Å². The van der Waals surface area contributed by atoms with Crippen LogP contribution in [0.25, 0.3) is 0 Å². The number of anilines is 1. The van der Waals surface area contributed by atoms with Crippen LogP contribution >= 0.6 is 11.6 Å². The maximum Gasteiger partial charge on any atom is 0.408 e. The average molecular weight is 356 g/mol. The monoisotopic (exact) mass is 355 g/mol. The molecule has 130 valence electrons. The van der Waals surface area contributed by atoms with E-state index in [1.54, 1.807) is 4.90 Å². The molecule has 1 spiro atoms. The Morgan fingerprint density at radius 2 is 2.17 bits per heavy atom. The van der Waals surface area contributed by atoms with Crippen LogP contribution in [-0.4, -0.2) is 48.3 Å². The summed E-state index contributed by atoms with van der Waals surface area (Å²) < 4.78 is 19.5. The first-order valence-electron chi connectivity index (χ1n) is 7.64. The minimum atomic E-state index is -0.765. The molecule has 2 heterocycles. The summed E-state index contributed by atoms with van der Waals surface area (Å²) in [5.74, 6) is -0.568. The van der Waals surface area contributed by atoms with Crippen LogP contribution in [0.15, 0.2) is 18.2 Å². The Bertz CT molecular complexity index is 712. The first-order chi connectivity index (χ1) is 11.2. The zero-order chi connectivity index (χ0) is 17.7. The van der Waals surface area contributed by atoms with Gasteiger partial charge in [0.05, 0.1) is 17.8 Å². The highest BCUT2D eigenvalue weighted by Gasteiger charge is 2.59. The van der Waals surface area contributed by atoms with Gasteiger partial charge >= 0.3 is 12.1 Å². The molecule has 1 unspecified atom stereocenters. The van der Waals surface area contributed by atoms with Crippen LogP contribution < -0.4 is 10.2 Å². The third-order valence-corrected chi connectivity index (χ3v) is 5.14. The standard InChI is InChI=1S/C16H19ClFN3O3/c1-15(2)16(24-13(22)19-15)6-7-21(9-16)14(23)20(3)12-5-4-10(17)8-11(12)18/h4-5,8H,6-7,9H2,1-3H3,(H,19,22). The molecule has 8 heteroatoms. The molecular weight excluding hydrogens is 337 g/mol. The number of alkyl carbamates (subject to hydrolysis) is 1. The lowest BCUT2D eigenvalue weighted by Gasteiger charge is -2.34. The van der Waals surface area contributed by atoms with Crippen LogP contribution in [0.3, 0.4) is 0 Å². The van der Waals surface area contributed by atoms with Crippen molar-refractivity contribution in [1.82, 2.24) is 10.2 Å². The summed E-state index contributed by atoms with van der Waals surface area (Å²) in [6.45, 7) is 4.43. The summed E-state index contributed by atoms with van der Waals surface area (Å²) in [6, 6.07) is 3.80. The number of hydrogen-bond donors (Lipinski definition) is 1. The van der Waals surface area contributed by atoms with E-state index in [4.69, 9.17) is 16.3 Å². The molecular formula is C16H19ClFN3O3. The van der Waals surface area contributed by atoms with Gasteiger partial charge in [-0.2, -0.15) is 0 Å². The summed E-state index contributed by atoms with van der Waals surface area (Å²) in [5, 5.41) is 3.04. The Kier molecular flexibility index (Phi) is 3.86. The van der Waals surface area contributed by atoms with Gasteiger partial charge in [-0.15, -0.1) is 0 Å². The van der Waals surface area contributed by atoms with Crippen molar-refractivity contribution in [2.45, 2.75) is 31.4 Å². The molecule has 24 heavy (non-hydrogen) atoms. The topological polar surface area (TPSA) is 61.9 Å². The SMILES string of the molecule is CN(C(=O)N1CCC2(C1)OC(=O)NC2(C)C)c1ccc(Cl)cc1F. The number of carbonyl (C=O) groups excluding carboxylic acids is 2. The van der Waals surface area contributed by atoms with Gasteiger partial charge in [-0.25, -0.2) is 14.0 Å². The Morgan fingerprint density at radius 3 is 2.75 bits per heavy atom. The fraction of sp³-hybridized carbons (Fsp3) is 0.500. The summed E-state index contributed by atoms with van der Waals surface area (Å²) in [5.41, 5.74) is -1.20. The van der Waals surface area contributed by atoms with Gasteiger partial charge in [0, 0.05) is 25.0 Å². The first kappa shape index (κ1) is 16.8. The molecule has 2 fully saturated rings. The van der Waals surface area contributed by atoms with Crippen molar-refractivity contribution in [3.63, 3.8) is 0 Å². The number of hydrogen-bond acceptors (Lipinski definition) is 3. The van der Waals surface area contributed by atoms with Gasteiger partial charge in [0.15, 0.2) is 5.60 Å². The summed E-state index contributed by atoms with van der Waals surface area (Å²) >= 11 is 5.75. The van der Waals surface area contributed by atoms with Crippen molar-refractivity contribution in [2.75, 3.05) is 25.0 Å². The molecule has 3 rings (SSSR count). The number of rotatable bonds is 1. The lowest BCUT2D eigenvalue weighted by molar-refractivity contribution is 0.0222. The van der Waals surface area contributed by atoms with Gasteiger partial charge in [-0.3, -0.25) is 4.90 Å². The van der Waals surface area contributed by atoms with E-state index in [0.717, 1.165) is 6.07 Å². The first-order valence-corrected chi connectivity index (χ1v) is 8.02. The molecule has 2 aliphatic rings. The number of urea groups is 1. The molecule has 1 N–H and O–H groups in total. The van der Waals surface area contributed by atoms with E-state index < -0.39 is 23.1 Å². The molecule has 0 aliphatic carbocycles. The average Bonchev–Trinajstić information content (AvgIpc) is 2.99. The largest absolute Gasteiger partial charge is 0.438 e. The molecule has 0 saturated carbocycles. The Morgan fingerprint density at radius 1 is 1.46 bits per heavy atom. The molecule has 0 bridgehead atoms. The third-order valence-electron chi connectivity index (χ3n) is 4.90. The van der Waals surface area contributed by atoms with Crippen molar-refractivity contribution in [3.8, 4) is 0 Å². The van der Waals surface area contributed by atoms with Crippen LogP contribution in [0.1, 0.15) is 20.3 Å². The fourth-order valence-electron chi connectivity index (χ4n) is 3.31. The minimum Gasteiger partial charge on any atom is -0.438 e. The number of benzene rings is 1. The smallest absolute Gasteiger partial charge is 0.408 e. The molecule has 1 aromatic rings. The van der Waals surface area contributed by atoms with E-state index >= 15 is 0 Å². The van der Waals surface area contributed by atoms with E-state index in [9.17, 15) is 14.0 Å². The van der Waals surface area contributed by atoms with Gasteiger partial charge in [-0.05, 0) is 32.0 Å². The molecule has 1 aromatic carbocycles. The predicted molar refractivity (Wildman–Crippen MR) is 87.8 cm³/mol. The van der Waals surface area contributed by atoms with Crippen LogP contribution in [0.4, 0.5) is 19.7 Å². The molecule has 3 amide bonds. The van der Waals surface area contributed by atoms with Crippen LogP contribution in [-0.2, 0) is 4.74 Å². The molecule has 0 aromatic heterocycles. The number of carbonyl (C=O) groups is 2. The summed E-state index contributed by atoms with van der Waals surface area (Å²) in [6.07, 6.45) is 0.0490. The number of nitrogens with one attached hydrogen (secondary N) is 1. The van der Waals surface area contributed by atoms with Gasteiger partial charge in [0.2, 0.25) is 0 Å². The van der Waals surface area contributed by atoms with E-state index in [1.807, 2.05) is 13.8 Å². The molecule has 0 radical (unpaired) electrons. The number of nitrogens with zero attached hydrogens (tertiary/aromatic N) is 2. The summed E-state index contributed by atoms with van der Waals surface area (Å²) in [4.78, 5) is 27.1. The fourth-order valence-corrected chi connectivity index (χ4v) is 3.47. The van der Waals surface area contributed by atoms with Crippen molar-refractivity contribution in [1.29, 1.82) is 0 Å². The van der Waals surface area contributed by atoms with Gasteiger partial charge in [-0.1, -0.05) is 11.6 Å². The maximum absolute atomic E-state index is 14.0. The normalized spacial score (nSPS) is 24.9. The van der Waals surface area contributed by atoms with Crippen LogP contribution in [0, 0.1) is 5.82 Å². The second-order valence-corrected chi connectivity index (χ2v) is 7.18. The molecule has 1 atom stereocenters. The van der Waals surface area contributed by atoms with E-state index in [0.29, 0.717) is 13.0 Å². The number of ether oxygens (including phenoxy) is 1. The maximum atomic E-state index is 14.0. The van der Waals surface area contributed by atoms with E-state index in [1.165, 1.54) is 24.1 Å². The zero-order valence-electron chi connectivity index (χ0n) is 13.7. The van der Waals surface area contributed by atoms with Gasteiger partial charge in [0.25, 0.3) is 0 Å². The molecule has 2 aliphatic heterocycles. The molecule has 2 saturated heterocycles. The van der Waals surface area contributed by atoms with Gasteiger partial charge in [0.1, 0.15) is 5.82 Å². The lowest BCUT2D eigenvalue weighted by atomic mass is 9.83. The van der Waals surface area contributed by atoms with Gasteiger partial charge < -0.3 is 15.0 Å². The predicted octanol–water partition coefficient (Wildman–Crippen LogP) is 3.00. The van der Waals surface area contributed by atoms with Crippen LogP contribution in [0.2, 0.25) is 5.02 Å². The minimum absolute atomic E-state index is 0.145. The van der Waals surface area contributed by atoms with E-state index in [2.05, 4.69) is 5.32 Å². The van der Waals surface area contributed by atoms with Crippen molar-refractivity contribution >= 4 is 29.4 Å². The highest BCUT2D eigenvalue weighted by molar-refractivity contribution is 6.30. The quantitative estimate of drug-likeness (QED) is 0.842. The van der Waals surface area contributed by atoms with Crippen molar-refractivity contribution in [2.24, 2.45) is 0 Å². The Hall–Kier alpha value is -2.02. The summed E-state index contributed by atoms with van der Waals surface area (Å²) in [7, 11) is 1.50.